The Hall–Kier alpha value is -0.470. The fraction of sp³-hybridized carbons (Fsp3) is 0.750. The Morgan fingerprint density at radius 2 is 1.82 bits per heavy atom. The summed E-state index contributed by atoms with van der Waals surface area (Å²) in [4.78, 5) is 0. The molecule has 0 amide bonds. The van der Waals surface area contributed by atoms with E-state index in [-0.39, 0.29) is 6.42 Å². The molecule has 0 nitrogen and oxygen atoms in total. The lowest BCUT2D eigenvalue weighted by atomic mass is 10.1. The molecule has 0 aromatic carbocycles. The van der Waals surface area contributed by atoms with Gasteiger partial charge in [0.25, 0.3) is 0 Å². The van der Waals surface area contributed by atoms with Gasteiger partial charge in [0.15, 0.2) is 0 Å². The van der Waals surface area contributed by atoms with E-state index in [4.69, 9.17) is 0 Å². The van der Waals surface area contributed by atoms with Gasteiger partial charge in [-0.1, -0.05) is 18.6 Å². The van der Waals surface area contributed by atoms with E-state index in [2.05, 4.69) is 0 Å². The zero-order chi connectivity index (χ0) is 9.07. The lowest BCUT2D eigenvalue weighted by Crippen LogP contribution is -2.18. The predicted octanol–water partition coefficient (Wildman–Crippen LogP) is 3.54. The first-order valence-corrected chi connectivity index (χ1v) is 3.54. The first-order chi connectivity index (χ1) is 4.84. The summed E-state index contributed by atoms with van der Waals surface area (Å²) in [6.07, 6.45) is -2.35. The number of hydrogen-bond acceptors (Lipinski definition) is 0. The van der Waals surface area contributed by atoms with E-state index in [0.717, 1.165) is 5.57 Å². The highest BCUT2D eigenvalue weighted by molar-refractivity contribution is 4.94. The second kappa shape index (κ2) is 3.79. The lowest BCUT2D eigenvalue weighted by Gasteiger charge is -2.12. The standard InChI is InChI=1S/C8H13F3/c1-6(2)4-5-7(3)8(9,10)11/h4,7H,5H2,1-3H3. The molecule has 0 N–H and O–H groups in total. The van der Waals surface area contributed by atoms with Crippen molar-refractivity contribution in [1.82, 2.24) is 0 Å². The van der Waals surface area contributed by atoms with Gasteiger partial charge in [-0.15, -0.1) is 0 Å². The summed E-state index contributed by atoms with van der Waals surface area (Å²) in [6.45, 7) is 4.78. The topological polar surface area (TPSA) is 0 Å². The first-order valence-electron chi connectivity index (χ1n) is 3.54. The van der Waals surface area contributed by atoms with Crippen LogP contribution in [0.2, 0.25) is 0 Å². The fourth-order valence-electron chi connectivity index (χ4n) is 0.546. The molecule has 0 fully saturated rings. The molecule has 1 atom stereocenters. The van der Waals surface area contributed by atoms with Crippen LogP contribution in [0.4, 0.5) is 13.2 Å². The van der Waals surface area contributed by atoms with Crippen LogP contribution in [0.1, 0.15) is 27.2 Å². The molecule has 0 aromatic rings. The third-order valence-corrected chi connectivity index (χ3v) is 1.44. The van der Waals surface area contributed by atoms with Crippen molar-refractivity contribution in [1.29, 1.82) is 0 Å². The van der Waals surface area contributed by atoms with Gasteiger partial charge in [-0.25, -0.2) is 0 Å². The van der Waals surface area contributed by atoms with Crippen molar-refractivity contribution in [3.63, 3.8) is 0 Å². The largest absolute Gasteiger partial charge is 0.391 e. The van der Waals surface area contributed by atoms with E-state index < -0.39 is 12.1 Å². The summed E-state index contributed by atoms with van der Waals surface area (Å²) in [5.41, 5.74) is 0.932. The number of halogens is 3. The Labute approximate surface area is 65.1 Å². The zero-order valence-electron chi connectivity index (χ0n) is 7.00. The summed E-state index contributed by atoms with van der Waals surface area (Å²) in [7, 11) is 0. The van der Waals surface area contributed by atoms with Gasteiger partial charge in [-0.05, 0) is 20.3 Å². The third kappa shape index (κ3) is 4.87. The van der Waals surface area contributed by atoms with Crippen molar-refractivity contribution in [3.05, 3.63) is 11.6 Å². The van der Waals surface area contributed by atoms with Crippen LogP contribution in [0, 0.1) is 5.92 Å². The molecule has 0 bridgehead atoms. The maximum atomic E-state index is 11.9. The molecule has 0 aliphatic heterocycles. The molecular formula is C8H13F3. The van der Waals surface area contributed by atoms with E-state index in [1.165, 1.54) is 6.92 Å². The van der Waals surface area contributed by atoms with Crippen LogP contribution in [-0.4, -0.2) is 6.18 Å². The Bertz CT molecular complexity index is 140. The normalized spacial score (nSPS) is 14.4. The molecule has 0 aliphatic carbocycles. The lowest BCUT2D eigenvalue weighted by molar-refractivity contribution is -0.168. The van der Waals surface area contributed by atoms with Gasteiger partial charge in [-0.3, -0.25) is 0 Å². The number of rotatable bonds is 2. The van der Waals surface area contributed by atoms with Crippen molar-refractivity contribution >= 4 is 0 Å². The zero-order valence-corrected chi connectivity index (χ0v) is 7.00. The minimum Gasteiger partial charge on any atom is -0.171 e. The minimum absolute atomic E-state index is 0.0891. The average molecular weight is 166 g/mol. The Kier molecular flexibility index (Phi) is 3.63. The summed E-state index contributed by atoms with van der Waals surface area (Å²) in [5.74, 6) is -1.22. The summed E-state index contributed by atoms with van der Waals surface area (Å²) < 4.78 is 35.6. The van der Waals surface area contributed by atoms with Crippen LogP contribution < -0.4 is 0 Å². The molecule has 0 spiro atoms. The number of hydrogen-bond donors (Lipinski definition) is 0. The quantitative estimate of drug-likeness (QED) is 0.550. The fourth-order valence-corrected chi connectivity index (χ4v) is 0.546. The summed E-state index contributed by atoms with van der Waals surface area (Å²) in [5, 5.41) is 0. The Balaban J connectivity index is 3.89. The maximum absolute atomic E-state index is 11.9. The van der Waals surface area contributed by atoms with Gasteiger partial charge in [-0.2, -0.15) is 13.2 Å². The van der Waals surface area contributed by atoms with Crippen LogP contribution in [0.15, 0.2) is 11.6 Å². The molecule has 0 radical (unpaired) electrons. The first kappa shape index (κ1) is 10.5. The van der Waals surface area contributed by atoms with Gasteiger partial charge < -0.3 is 0 Å². The van der Waals surface area contributed by atoms with Gasteiger partial charge in [0.2, 0.25) is 0 Å². The summed E-state index contributed by atoms with van der Waals surface area (Å²) in [6, 6.07) is 0. The maximum Gasteiger partial charge on any atom is 0.391 e. The van der Waals surface area contributed by atoms with Crippen molar-refractivity contribution in [3.8, 4) is 0 Å². The molecule has 11 heavy (non-hydrogen) atoms. The van der Waals surface area contributed by atoms with Crippen molar-refractivity contribution in [2.24, 2.45) is 5.92 Å². The van der Waals surface area contributed by atoms with Crippen LogP contribution in [0.25, 0.3) is 0 Å². The average Bonchev–Trinajstić information content (AvgIpc) is 1.80. The van der Waals surface area contributed by atoms with Crippen LogP contribution >= 0.6 is 0 Å². The molecule has 0 saturated carbocycles. The van der Waals surface area contributed by atoms with E-state index in [1.54, 1.807) is 19.9 Å². The minimum atomic E-state index is -4.05. The van der Waals surface area contributed by atoms with E-state index >= 15 is 0 Å². The molecule has 3 heteroatoms. The molecular weight excluding hydrogens is 153 g/mol. The highest BCUT2D eigenvalue weighted by atomic mass is 19.4. The van der Waals surface area contributed by atoms with E-state index in [0.29, 0.717) is 0 Å². The second-order valence-electron chi connectivity index (χ2n) is 2.96. The smallest absolute Gasteiger partial charge is 0.171 e. The molecule has 0 rings (SSSR count). The van der Waals surface area contributed by atoms with Crippen molar-refractivity contribution < 1.29 is 13.2 Å². The van der Waals surface area contributed by atoms with Crippen molar-refractivity contribution in [2.45, 2.75) is 33.4 Å². The predicted molar refractivity (Wildman–Crippen MR) is 39.3 cm³/mol. The van der Waals surface area contributed by atoms with E-state index in [1.807, 2.05) is 0 Å². The van der Waals surface area contributed by atoms with Gasteiger partial charge >= 0.3 is 6.18 Å². The van der Waals surface area contributed by atoms with Gasteiger partial charge in [0.1, 0.15) is 0 Å². The highest BCUT2D eigenvalue weighted by Crippen LogP contribution is 2.28. The van der Waals surface area contributed by atoms with Crippen LogP contribution in [0.3, 0.4) is 0 Å². The molecule has 66 valence electrons. The molecule has 0 saturated heterocycles. The SMILES string of the molecule is CC(C)=CCC(C)C(F)(F)F. The number of allylic oxidation sites excluding steroid dienone is 2. The van der Waals surface area contributed by atoms with Gasteiger partial charge in [0.05, 0.1) is 5.92 Å². The van der Waals surface area contributed by atoms with Crippen molar-refractivity contribution in [2.75, 3.05) is 0 Å². The molecule has 0 heterocycles. The third-order valence-electron chi connectivity index (χ3n) is 1.44. The Morgan fingerprint density at radius 3 is 2.09 bits per heavy atom. The summed E-state index contributed by atoms with van der Waals surface area (Å²) >= 11 is 0. The monoisotopic (exact) mass is 166 g/mol. The second-order valence-corrected chi connectivity index (χ2v) is 2.96. The van der Waals surface area contributed by atoms with E-state index in [9.17, 15) is 13.2 Å². The Morgan fingerprint density at radius 1 is 1.36 bits per heavy atom. The molecule has 1 unspecified atom stereocenters. The van der Waals surface area contributed by atoms with Gasteiger partial charge in [0, 0.05) is 0 Å². The van der Waals surface area contributed by atoms with Crippen LogP contribution in [-0.2, 0) is 0 Å². The highest BCUT2D eigenvalue weighted by Gasteiger charge is 2.34. The number of alkyl halides is 3. The van der Waals surface area contributed by atoms with Crippen LogP contribution in [0.5, 0.6) is 0 Å². The molecule has 0 aromatic heterocycles. The molecule has 0 aliphatic rings.